The van der Waals surface area contributed by atoms with Gasteiger partial charge in [-0.05, 0) is 20.0 Å². The van der Waals surface area contributed by atoms with E-state index in [0.717, 1.165) is 44.1 Å². The SMILES string of the molecule is CCn1cc(C(=O)NCc2cccnc2N2CCN(C)CC2)cn1. The number of aryl methyl sites for hydroxylation is 1. The summed E-state index contributed by atoms with van der Waals surface area (Å²) in [4.78, 5) is 21.4. The number of rotatable bonds is 5. The van der Waals surface area contributed by atoms with Crippen LogP contribution >= 0.6 is 0 Å². The number of piperazine rings is 1. The lowest BCUT2D eigenvalue weighted by Gasteiger charge is -2.34. The molecule has 1 N–H and O–H groups in total. The van der Waals surface area contributed by atoms with E-state index in [0.29, 0.717) is 12.1 Å². The number of carbonyl (C=O) groups is 1. The van der Waals surface area contributed by atoms with Gasteiger partial charge in [0.25, 0.3) is 5.91 Å². The molecular formula is C17H24N6O. The van der Waals surface area contributed by atoms with Crippen LogP contribution in [0.5, 0.6) is 0 Å². The van der Waals surface area contributed by atoms with Gasteiger partial charge in [0, 0.05) is 57.2 Å². The highest BCUT2D eigenvalue weighted by Gasteiger charge is 2.18. The fourth-order valence-corrected chi connectivity index (χ4v) is 2.80. The molecule has 2 aromatic rings. The Labute approximate surface area is 142 Å². The summed E-state index contributed by atoms with van der Waals surface area (Å²) in [5.41, 5.74) is 1.63. The predicted octanol–water partition coefficient (Wildman–Crippen LogP) is 0.980. The van der Waals surface area contributed by atoms with E-state index < -0.39 is 0 Å². The minimum Gasteiger partial charge on any atom is -0.354 e. The standard InChI is InChI=1S/C17H24N6O/c1-3-23-13-15(12-20-23)17(24)19-11-14-5-4-6-18-16(14)22-9-7-21(2)8-10-22/h4-6,12-13H,3,7-11H2,1-2H3,(H,19,24). The molecule has 1 amide bonds. The second kappa shape index (κ2) is 7.44. The molecule has 7 heteroatoms. The van der Waals surface area contributed by atoms with E-state index in [9.17, 15) is 4.79 Å². The smallest absolute Gasteiger partial charge is 0.254 e. The molecule has 128 valence electrons. The fraction of sp³-hybridized carbons (Fsp3) is 0.471. The molecule has 0 spiro atoms. The van der Waals surface area contributed by atoms with Gasteiger partial charge in [-0.2, -0.15) is 5.10 Å². The number of carbonyl (C=O) groups excluding carboxylic acids is 1. The van der Waals surface area contributed by atoms with Crippen LogP contribution in [0.4, 0.5) is 5.82 Å². The molecule has 0 unspecified atom stereocenters. The molecule has 1 aliphatic rings. The van der Waals surface area contributed by atoms with Crippen LogP contribution in [-0.2, 0) is 13.1 Å². The highest BCUT2D eigenvalue weighted by molar-refractivity contribution is 5.93. The highest BCUT2D eigenvalue weighted by Crippen LogP contribution is 2.18. The molecule has 0 saturated carbocycles. The summed E-state index contributed by atoms with van der Waals surface area (Å²) in [7, 11) is 2.13. The van der Waals surface area contributed by atoms with Gasteiger partial charge in [0.1, 0.15) is 5.82 Å². The number of amides is 1. The van der Waals surface area contributed by atoms with Gasteiger partial charge < -0.3 is 15.1 Å². The van der Waals surface area contributed by atoms with E-state index in [1.165, 1.54) is 0 Å². The van der Waals surface area contributed by atoms with Crippen LogP contribution in [0.15, 0.2) is 30.7 Å². The molecule has 0 aliphatic carbocycles. The number of hydrogen-bond donors (Lipinski definition) is 1. The fourth-order valence-electron chi connectivity index (χ4n) is 2.80. The first-order chi connectivity index (χ1) is 11.7. The van der Waals surface area contributed by atoms with Crippen molar-refractivity contribution in [1.82, 2.24) is 25.0 Å². The number of hydrogen-bond acceptors (Lipinski definition) is 5. The Kier molecular flexibility index (Phi) is 5.10. The first-order valence-corrected chi connectivity index (χ1v) is 8.35. The van der Waals surface area contributed by atoms with E-state index in [-0.39, 0.29) is 5.91 Å². The van der Waals surface area contributed by atoms with Crippen LogP contribution in [0.2, 0.25) is 0 Å². The maximum absolute atomic E-state index is 12.3. The first kappa shape index (κ1) is 16.4. The molecule has 1 saturated heterocycles. The normalized spacial score (nSPS) is 15.5. The third-order valence-electron chi connectivity index (χ3n) is 4.33. The third kappa shape index (κ3) is 3.73. The molecule has 3 rings (SSSR count). The van der Waals surface area contributed by atoms with Crippen LogP contribution in [0.3, 0.4) is 0 Å². The van der Waals surface area contributed by atoms with Gasteiger partial charge in [0.2, 0.25) is 0 Å². The minimum absolute atomic E-state index is 0.108. The number of likely N-dealkylation sites (N-methyl/N-ethyl adjacent to an activating group) is 1. The molecule has 0 bridgehead atoms. The van der Waals surface area contributed by atoms with Gasteiger partial charge in [-0.15, -0.1) is 0 Å². The zero-order valence-electron chi connectivity index (χ0n) is 14.3. The molecular weight excluding hydrogens is 304 g/mol. The maximum Gasteiger partial charge on any atom is 0.254 e. The van der Waals surface area contributed by atoms with Gasteiger partial charge in [-0.25, -0.2) is 4.98 Å². The lowest BCUT2D eigenvalue weighted by atomic mass is 10.2. The van der Waals surface area contributed by atoms with Crippen molar-refractivity contribution >= 4 is 11.7 Å². The summed E-state index contributed by atoms with van der Waals surface area (Å²) >= 11 is 0. The highest BCUT2D eigenvalue weighted by atomic mass is 16.1. The van der Waals surface area contributed by atoms with Crippen LogP contribution < -0.4 is 10.2 Å². The Balaban J connectivity index is 1.66. The molecule has 7 nitrogen and oxygen atoms in total. The zero-order chi connectivity index (χ0) is 16.9. The second-order valence-corrected chi connectivity index (χ2v) is 6.04. The summed E-state index contributed by atoms with van der Waals surface area (Å²) in [6, 6.07) is 3.94. The largest absolute Gasteiger partial charge is 0.354 e. The van der Waals surface area contributed by atoms with Crippen molar-refractivity contribution in [2.75, 3.05) is 38.1 Å². The molecule has 2 aromatic heterocycles. The van der Waals surface area contributed by atoms with Gasteiger partial charge >= 0.3 is 0 Å². The summed E-state index contributed by atoms with van der Waals surface area (Å²) in [5.74, 6) is 0.859. The lowest BCUT2D eigenvalue weighted by molar-refractivity contribution is 0.0951. The van der Waals surface area contributed by atoms with Crippen molar-refractivity contribution in [1.29, 1.82) is 0 Å². The third-order valence-corrected chi connectivity index (χ3v) is 4.33. The summed E-state index contributed by atoms with van der Waals surface area (Å²) in [6.45, 7) is 7.17. The Hall–Kier alpha value is -2.41. The summed E-state index contributed by atoms with van der Waals surface area (Å²) < 4.78 is 1.74. The monoisotopic (exact) mass is 328 g/mol. The van der Waals surface area contributed by atoms with Crippen molar-refractivity contribution in [3.05, 3.63) is 41.9 Å². The molecule has 0 radical (unpaired) electrons. The van der Waals surface area contributed by atoms with Gasteiger partial charge in [0.15, 0.2) is 0 Å². The molecule has 1 aliphatic heterocycles. The zero-order valence-corrected chi connectivity index (χ0v) is 14.3. The Morgan fingerprint density at radius 2 is 2.08 bits per heavy atom. The average molecular weight is 328 g/mol. The number of pyridine rings is 1. The molecule has 1 fully saturated rings. The van der Waals surface area contributed by atoms with E-state index >= 15 is 0 Å². The van der Waals surface area contributed by atoms with Crippen molar-refractivity contribution in [3.8, 4) is 0 Å². The van der Waals surface area contributed by atoms with Crippen LogP contribution in [0.25, 0.3) is 0 Å². The van der Waals surface area contributed by atoms with Crippen LogP contribution in [0.1, 0.15) is 22.8 Å². The number of nitrogens with zero attached hydrogens (tertiary/aromatic N) is 5. The summed E-state index contributed by atoms with van der Waals surface area (Å²) in [5, 5.41) is 7.11. The van der Waals surface area contributed by atoms with Crippen molar-refractivity contribution < 1.29 is 4.79 Å². The average Bonchev–Trinajstić information content (AvgIpc) is 3.10. The number of aromatic nitrogens is 3. The topological polar surface area (TPSA) is 66.3 Å². The van der Waals surface area contributed by atoms with E-state index in [1.54, 1.807) is 17.1 Å². The van der Waals surface area contributed by atoms with E-state index in [1.807, 2.05) is 25.3 Å². The van der Waals surface area contributed by atoms with Gasteiger partial charge in [-0.1, -0.05) is 6.07 Å². The Bertz CT molecular complexity index is 690. The van der Waals surface area contributed by atoms with Crippen molar-refractivity contribution in [2.24, 2.45) is 0 Å². The molecule has 3 heterocycles. The van der Waals surface area contributed by atoms with Gasteiger partial charge in [-0.3, -0.25) is 9.48 Å². The first-order valence-electron chi connectivity index (χ1n) is 8.35. The minimum atomic E-state index is -0.108. The number of anilines is 1. The maximum atomic E-state index is 12.3. The van der Waals surface area contributed by atoms with Crippen molar-refractivity contribution in [2.45, 2.75) is 20.0 Å². The summed E-state index contributed by atoms with van der Waals surface area (Å²) in [6.07, 6.45) is 5.17. The lowest BCUT2D eigenvalue weighted by Crippen LogP contribution is -2.45. The Morgan fingerprint density at radius 3 is 2.79 bits per heavy atom. The predicted molar refractivity (Wildman–Crippen MR) is 93.0 cm³/mol. The van der Waals surface area contributed by atoms with Crippen LogP contribution in [-0.4, -0.2) is 58.8 Å². The molecule has 0 aromatic carbocycles. The molecule has 24 heavy (non-hydrogen) atoms. The second-order valence-electron chi connectivity index (χ2n) is 6.04. The quantitative estimate of drug-likeness (QED) is 0.886. The van der Waals surface area contributed by atoms with Crippen LogP contribution in [0, 0.1) is 0 Å². The van der Waals surface area contributed by atoms with Gasteiger partial charge in [0.05, 0.1) is 11.8 Å². The Morgan fingerprint density at radius 1 is 1.29 bits per heavy atom. The van der Waals surface area contributed by atoms with E-state index in [2.05, 4.69) is 32.2 Å². The van der Waals surface area contributed by atoms with E-state index in [4.69, 9.17) is 0 Å². The number of nitrogens with one attached hydrogen (secondary N) is 1. The van der Waals surface area contributed by atoms with Crippen molar-refractivity contribution in [3.63, 3.8) is 0 Å². The molecule has 0 atom stereocenters.